The number of benzene rings is 1. The van der Waals surface area contributed by atoms with Crippen LogP contribution in [0.3, 0.4) is 0 Å². The highest BCUT2D eigenvalue weighted by molar-refractivity contribution is 5.85. The molecule has 0 radical (unpaired) electrons. The predicted molar refractivity (Wildman–Crippen MR) is 86.4 cm³/mol. The lowest BCUT2D eigenvalue weighted by atomic mass is 9.91. The zero-order chi connectivity index (χ0) is 15.6. The van der Waals surface area contributed by atoms with Gasteiger partial charge in [-0.25, -0.2) is 14.4 Å². The molecule has 0 saturated heterocycles. The lowest BCUT2D eigenvalue weighted by molar-refractivity contribution is 0.468. The molecule has 0 bridgehead atoms. The highest BCUT2D eigenvalue weighted by Gasteiger charge is 2.27. The zero-order valence-electron chi connectivity index (χ0n) is 12.7. The molecule has 1 atom stereocenters. The molecule has 1 aliphatic rings. The summed E-state index contributed by atoms with van der Waals surface area (Å²) in [6.45, 7) is 0. The molecule has 2 heterocycles. The molecule has 0 spiro atoms. The van der Waals surface area contributed by atoms with E-state index in [9.17, 15) is 4.39 Å². The van der Waals surface area contributed by atoms with Gasteiger partial charge in [-0.3, -0.25) is 5.10 Å². The summed E-state index contributed by atoms with van der Waals surface area (Å²) < 4.78 is 13.3. The van der Waals surface area contributed by atoms with E-state index in [1.807, 2.05) is 12.1 Å². The third-order valence-corrected chi connectivity index (χ3v) is 4.64. The minimum absolute atomic E-state index is 0.117. The van der Waals surface area contributed by atoms with Crippen LogP contribution in [0.1, 0.15) is 37.3 Å². The number of rotatable bonds is 4. The van der Waals surface area contributed by atoms with Crippen molar-refractivity contribution in [3.05, 3.63) is 48.2 Å². The maximum absolute atomic E-state index is 13.3. The molecule has 2 aromatic heterocycles. The van der Waals surface area contributed by atoms with Crippen LogP contribution in [-0.2, 0) is 0 Å². The first-order valence-electron chi connectivity index (χ1n) is 7.97. The number of aromatic nitrogens is 4. The molecule has 0 amide bonds. The van der Waals surface area contributed by atoms with Crippen LogP contribution in [0.4, 0.5) is 10.2 Å². The van der Waals surface area contributed by atoms with E-state index in [0.29, 0.717) is 11.6 Å². The van der Waals surface area contributed by atoms with E-state index in [1.54, 1.807) is 6.20 Å². The molecule has 1 saturated carbocycles. The molecule has 118 valence electrons. The minimum Gasteiger partial charge on any atom is -0.362 e. The predicted octanol–water partition coefficient (Wildman–Crippen LogP) is 3.84. The number of nitrogens with one attached hydrogen (secondary N) is 2. The second kappa shape index (κ2) is 5.95. The van der Waals surface area contributed by atoms with E-state index in [0.717, 1.165) is 16.8 Å². The van der Waals surface area contributed by atoms with Gasteiger partial charge in [0.2, 0.25) is 0 Å². The summed E-state index contributed by atoms with van der Waals surface area (Å²) in [5, 5.41) is 11.3. The van der Waals surface area contributed by atoms with E-state index >= 15 is 0 Å². The van der Waals surface area contributed by atoms with Gasteiger partial charge in [0.25, 0.3) is 0 Å². The van der Waals surface area contributed by atoms with E-state index in [1.165, 1.54) is 44.1 Å². The molecule has 23 heavy (non-hydrogen) atoms. The number of anilines is 1. The third kappa shape index (κ3) is 2.76. The quantitative estimate of drug-likeness (QED) is 0.768. The fraction of sp³-hybridized carbons (Fsp3) is 0.353. The Morgan fingerprint density at radius 3 is 2.70 bits per heavy atom. The van der Waals surface area contributed by atoms with Crippen molar-refractivity contribution in [3.63, 3.8) is 0 Å². The number of halogens is 1. The summed E-state index contributed by atoms with van der Waals surface area (Å²) in [6.07, 6.45) is 8.10. The molecule has 1 unspecified atom stereocenters. The number of nitrogens with zero attached hydrogens (tertiary/aromatic N) is 3. The van der Waals surface area contributed by atoms with Crippen LogP contribution in [0.2, 0.25) is 0 Å². The van der Waals surface area contributed by atoms with Crippen molar-refractivity contribution in [2.75, 3.05) is 5.32 Å². The van der Waals surface area contributed by atoms with Crippen LogP contribution in [0, 0.1) is 11.7 Å². The lowest BCUT2D eigenvalue weighted by Crippen LogP contribution is -2.20. The Hall–Kier alpha value is -2.50. The second-order valence-corrected chi connectivity index (χ2v) is 6.07. The molecule has 4 rings (SSSR count). The van der Waals surface area contributed by atoms with Gasteiger partial charge >= 0.3 is 0 Å². The van der Waals surface area contributed by atoms with Crippen molar-refractivity contribution in [1.82, 2.24) is 20.2 Å². The van der Waals surface area contributed by atoms with Crippen molar-refractivity contribution < 1.29 is 4.39 Å². The van der Waals surface area contributed by atoms with Crippen LogP contribution >= 0.6 is 0 Å². The first-order valence-corrected chi connectivity index (χ1v) is 7.97. The van der Waals surface area contributed by atoms with Crippen molar-refractivity contribution in [1.29, 1.82) is 0 Å². The Balaban J connectivity index is 1.70. The van der Waals surface area contributed by atoms with Crippen molar-refractivity contribution in [3.8, 4) is 0 Å². The fourth-order valence-electron chi connectivity index (χ4n) is 3.46. The Morgan fingerprint density at radius 1 is 1.13 bits per heavy atom. The molecule has 5 nitrogen and oxygen atoms in total. The normalized spacial score (nSPS) is 16.7. The van der Waals surface area contributed by atoms with Crippen LogP contribution in [0.25, 0.3) is 11.0 Å². The third-order valence-electron chi connectivity index (χ3n) is 4.64. The second-order valence-electron chi connectivity index (χ2n) is 6.07. The number of aromatic amines is 1. The summed E-state index contributed by atoms with van der Waals surface area (Å²) in [7, 11) is 0. The molecular weight excluding hydrogens is 293 g/mol. The molecule has 3 aromatic rings. The van der Waals surface area contributed by atoms with Crippen molar-refractivity contribution in [2.24, 2.45) is 5.92 Å². The Bertz CT molecular complexity index is 792. The number of fused-ring (bicyclic) bond motifs is 1. The zero-order valence-corrected chi connectivity index (χ0v) is 12.7. The summed E-state index contributed by atoms with van der Waals surface area (Å²) in [5.41, 5.74) is 1.81. The highest BCUT2D eigenvalue weighted by Crippen LogP contribution is 2.38. The number of H-pyrrole nitrogens is 1. The molecule has 1 aliphatic carbocycles. The van der Waals surface area contributed by atoms with E-state index in [2.05, 4.69) is 25.5 Å². The summed E-state index contributed by atoms with van der Waals surface area (Å²) in [5.74, 6) is 1.08. The van der Waals surface area contributed by atoms with Crippen LogP contribution < -0.4 is 5.32 Å². The summed E-state index contributed by atoms with van der Waals surface area (Å²) in [6, 6.07) is 6.88. The average Bonchev–Trinajstić information content (AvgIpc) is 3.25. The molecule has 6 heteroatoms. The summed E-state index contributed by atoms with van der Waals surface area (Å²) in [4.78, 5) is 8.55. The smallest absolute Gasteiger partial charge is 0.160 e. The Labute approximate surface area is 133 Å². The largest absolute Gasteiger partial charge is 0.362 e. The minimum atomic E-state index is -0.210. The van der Waals surface area contributed by atoms with E-state index < -0.39 is 0 Å². The van der Waals surface area contributed by atoms with Crippen molar-refractivity contribution >= 4 is 16.9 Å². The van der Waals surface area contributed by atoms with Gasteiger partial charge in [0.05, 0.1) is 17.6 Å². The van der Waals surface area contributed by atoms with Crippen LogP contribution in [0.15, 0.2) is 36.8 Å². The molecule has 1 aromatic carbocycles. The molecule has 2 N–H and O–H groups in total. The van der Waals surface area contributed by atoms with Crippen molar-refractivity contribution in [2.45, 2.75) is 31.7 Å². The van der Waals surface area contributed by atoms with Gasteiger partial charge in [0.1, 0.15) is 18.0 Å². The SMILES string of the molecule is Fc1ccc(C(Nc2ncnc3[nH]ncc23)C2CCCC2)cc1. The Morgan fingerprint density at radius 2 is 1.91 bits per heavy atom. The standard InChI is InChI=1S/C17H18FN5/c18-13-7-5-12(6-8-13)15(11-3-1-2-4-11)22-16-14-9-21-23-17(14)20-10-19-16/h5-11,15H,1-4H2,(H2,19,20,21,22,23). The molecule has 1 fully saturated rings. The number of hydrogen-bond acceptors (Lipinski definition) is 4. The molecule has 0 aliphatic heterocycles. The van der Waals surface area contributed by atoms with Gasteiger partial charge in [-0.1, -0.05) is 25.0 Å². The maximum atomic E-state index is 13.3. The number of hydrogen-bond donors (Lipinski definition) is 2. The van der Waals surface area contributed by atoms with Gasteiger partial charge in [-0.2, -0.15) is 5.10 Å². The first kappa shape index (κ1) is 14.1. The van der Waals surface area contributed by atoms with Gasteiger partial charge in [0, 0.05) is 0 Å². The van der Waals surface area contributed by atoms with E-state index in [-0.39, 0.29) is 11.9 Å². The monoisotopic (exact) mass is 311 g/mol. The van der Waals surface area contributed by atoms with Gasteiger partial charge in [-0.05, 0) is 36.5 Å². The fourth-order valence-corrected chi connectivity index (χ4v) is 3.46. The average molecular weight is 311 g/mol. The van der Waals surface area contributed by atoms with Crippen LogP contribution in [-0.4, -0.2) is 20.2 Å². The van der Waals surface area contributed by atoms with Crippen LogP contribution in [0.5, 0.6) is 0 Å². The first-order chi connectivity index (χ1) is 11.3. The van der Waals surface area contributed by atoms with Gasteiger partial charge < -0.3 is 5.32 Å². The van der Waals surface area contributed by atoms with E-state index in [4.69, 9.17) is 0 Å². The Kier molecular flexibility index (Phi) is 3.65. The van der Waals surface area contributed by atoms with Gasteiger partial charge in [0.15, 0.2) is 5.65 Å². The maximum Gasteiger partial charge on any atom is 0.160 e. The lowest BCUT2D eigenvalue weighted by Gasteiger charge is -2.26. The summed E-state index contributed by atoms with van der Waals surface area (Å²) >= 11 is 0. The molecular formula is C17H18FN5. The highest BCUT2D eigenvalue weighted by atomic mass is 19.1. The topological polar surface area (TPSA) is 66.5 Å². The van der Waals surface area contributed by atoms with Gasteiger partial charge in [-0.15, -0.1) is 0 Å².